The Hall–Kier alpha value is -6.07. The molecule has 2 aromatic carbocycles. The van der Waals surface area contributed by atoms with E-state index in [9.17, 15) is 51.4 Å². The van der Waals surface area contributed by atoms with Gasteiger partial charge < -0.3 is 51.8 Å². The highest BCUT2D eigenvalue weighted by Crippen LogP contribution is 2.41. The number of benzene rings is 2. The summed E-state index contributed by atoms with van der Waals surface area (Å²) in [6.45, 7) is 4.75. The lowest BCUT2D eigenvalue weighted by molar-refractivity contribution is -0.192. The molecule has 5 amide bonds. The molecular formula is C41H50F5N7O10S. The molecule has 1 saturated heterocycles. The van der Waals surface area contributed by atoms with Crippen LogP contribution >= 0.6 is 11.8 Å². The highest BCUT2D eigenvalue weighted by molar-refractivity contribution is 8.00. The third-order valence-corrected chi connectivity index (χ3v) is 10.7. The van der Waals surface area contributed by atoms with Crippen LogP contribution in [0.3, 0.4) is 0 Å². The Morgan fingerprint density at radius 2 is 1.59 bits per heavy atom. The van der Waals surface area contributed by atoms with Crippen LogP contribution in [0.15, 0.2) is 60.8 Å². The summed E-state index contributed by atoms with van der Waals surface area (Å²) in [6.07, 6.45) is -3.64. The first-order chi connectivity index (χ1) is 29.9. The van der Waals surface area contributed by atoms with Gasteiger partial charge in [0.15, 0.2) is 0 Å². The number of thioether (sulfide) groups is 1. The topological polar surface area (TPSA) is 262 Å². The van der Waals surface area contributed by atoms with Gasteiger partial charge in [-0.05, 0) is 41.7 Å². The first-order valence-electron chi connectivity index (χ1n) is 19.5. The number of alkyl halides is 3. The van der Waals surface area contributed by atoms with E-state index in [1.807, 2.05) is 55.7 Å². The van der Waals surface area contributed by atoms with Gasteiger partial charge in [0.2, 0.25) is 29.5 Å². The van der Waals surface area contributed by atoms with Crippen molar-refractivity contribution in [3.8, 4) is 11.1 Å². The summed E-state index contributed by atoms with van der Waals surface area (Å²) in [5, 5.41) is 35.3. The Labute approximate surface area is 368 Å². The van der Waals surface area contributed by atoms with Crippen LogP contribution < -0.4 is 27.0 Å². The number of aliphatic carboxylic acids is 2. The summed E-state index contributed by atoms with van der Waals surface area (Å²) >= 11 is 1.04. The van der Waals surface area contributed by atoms with Crippen LogP contribution in [0.1, 0.15) is 50.9 Å². The van der Waals surface area contributed by atoms with Gasteiger partial charge in [0, 0.05) is 61.4 Å². The largest absolute Gasteiger partial charge is 0.490 e. The highest BCUT2D eigenvalue weighted by atomic mass is 32.2. The lowest BCUT2D eigenvalue weighted by Gasteiger charge is -2.41. The molecule has 0 radical (unpaired) electrons. The lowest BCUT2D eigenvalue weighted by Crippen LogP contribution is -2.51. The third-order valence-electron chi connectivity index (χ3n) is 9.43. The number of amides is 5. The van der Waals surface area contributed by atoms with E-state index in [0.717, 1.165) is 35.5 Å². The van der Waals surface area contributed by atoms with Crippen LogP contribution in [0.4, 0.5) is 22.0 Å². The molecule has 64 heavy (non-hydrogen) atoms. The number of hydrogen-bond donors (Lipinski definition) is 8. The number of nitrogens with one attached hydrogen (secondary N) is 4. The maximum atomic E-state index is 15.0. The Balaban J connectivity index is 0.00000143. The zero-order valence-corrected chi connectivity index (χ0v) is 35.7. The lowest BCUT2D eigenvalue weighted by atomic mass is 9.82. The summed E-state index contributed by atoms with van der Waals surface area (Å²) in [4.78, 5) is 84.4. The first kappa shape index (κ1) is 52.3. The normalized spacial score (nSPS) is 15.9. The van der Waals surface area contributed by atoms with E-state index >= 15 is 4.39 Å². The fraction of sp³-hybridized carbons (Fsp3) is 0.439. The van der Waals surface area contributed by atoms with Crippen molar-refractivity contribution in [3.63, 3.8) is 0 Å². The Morgan fingerprint density at radius 1 is 0.953 bits per heavy atom. The molecule has 1 aliphatic rings. The number of nitrogens with two attached hydrogens (primary N) is 1. The summed E-state index contributed by atoms with van der Waals surface area (Å²) in [7, 11) is 0. The van der Waals surface area contributed by atoms with Gasteiger partial charge >= 0.3 is 18.1 Å². The fourth-order valence-corrected chi connectivity index (χ4v) is 7.53. The van der Waals surface area contributed by atoms with Crippen molar-refractivity contribution in [1.82, 2.24) is 30.7 Å². The van der Waals surface area contributed by atoms with Gasteiger partial charge in [0.1, 0.15) is 24.3 Å². The van der Waals surface area contributed by atoms with Gasteiger partial charge in [-0.2, -0.15) is 13.2 Å². The number of rotatable bonds is 18. The third kappa shape index (κ3) is 15.9. The van der Waals surface area contributed by atoms with E-state index in [1.165, 1.54) is 4.90 Å². The molecule has 9 N–H and O–H groups in total. The number of carboxylic acid groups (broad SMARTS) is 2. The molecule has 4 unspecified atom stereocenters. The second-order valence-electron chi connectivity index (χ2n) is 15.4. The van der Waals surface area contributed by atoms with Gasteiger partial charge in [-0.15, -0.1) is 11.8 Å². The van der Waals surface area contributed by atoms with Gasteiger partial charge in [0.05, 0.1) is 23.9 Å². The van der Waals surface area contributed by atoms with Crippen LogP contribution in [0, 0.1) is 17.0 Å². The van der Waals surface area contributed by atoms with E-state index in [-0.39, 0.29) is 50.3 Å². The summed E-state index contributed by atoms with van der Waals surface area (Å²) in [5.41, 5.74) is 7.50. The highest BCUT2D eigenvalue weighted by Gasteiger charge is 2.39. The number of nitrogens with zero attached hydrogens (tertiary/aromatic N) is 2. The predicted molar refractivity (Wildman–Crippen MR) is 222 cm³/mol. The molecule has 17 nitrogen and oxygen atoms in total. The molecule has 0 spiro atoms. The van der Waals surface area contributed by atoms with Crippen LogP contribution in [-0.4, -0.2) is 128 Å². The average molecular weight is 928 g/mol. The second kappa shape index (κ2) is 23.6. The van der Waals surface area contributed by atoms with Gasteiger partial charge in [-0.1, -0.05) is 51.1 Å². The van der Waals surface area contributed by atoms with Crippen molar-refractivity contribution < 1.29 is 70.8 Å². The average Bonchev–Trinajstić information content (AvgIpc) is 3.62. The summed E-state index contributed by atoms with van der Waals surface area (Å²) < 4.78 is 62.9. The summed E-state index contributed by atoms with van der Waals surface area (Å²) in [5.74, 6) is -7.95. The van der Waals surface area contributed by atoms with Crippen LogP contribution in [0.25, 0.3) is 11.1 Å². The molecule has 3 aromatic rings. The first-order valence-corrected chi connectivity index (χ1v) is 20.6. The molecule has 1 fully saturated rings. The maximum absolute atomic E-state index is 15.0. The van der Waals surface area contributed by atoms with Gasteiger partial charge in [-0.25, -0.2) is 18.4 Å². The molecule has 1 aromatic heterocycles. The molecule has 0 aliphatic carbocycles. The van der Waals surface area contributed by atoms with E-state index in [2.05, 4.69) is 21.3 Å². The van der Waals surface area contributed by atoms with Crippen molar-refractivity contribution >= 4 is 53.2 Å². The molecule has 4 atom stereocenters. The number of carboxylic acids is 2. The molecule has 0 bridgehead atoms. The van der Waals surface area contributed by atoms with Gasteiger partial charge in [-0.3, -0.25) is 24.0 Å². The van der Waals surface area contributed by atoms with Crippen LogP contribution in [0.5, 0.6) is 0 Å². The number of halogens is 5. The van der Waals surface area contributed by atoms with E-state index < -0.39 is 94.7 Å². The smallest absolute Gasteiger partial charge is 0.480 e. The minimum atomic E-state index is -5.08. The number of aromatic nitrogens is 1. The Morgan fingerprint density at radius 3 is 2.17 bits per heavy atom. The molecule has 4 rings (SSSR count). The van der Waals surface area contributed by atoms with Gasteiger partial charge in [0.25, 0.3) is 0 Å². The molecule has 0 saturated carbocycles. The monoisotopic (exact) mass is 927 g/mol. The quantitative estimate of drug-likeness (QED) is 0.0675. The number of hydrogen-bond acceptors (Lipinski definition) is 10. The fourth-order valence-electron chi connectivity index (χ4n) is 6.39. The van der Waals surface area contributed by atoms with E-state index in [4.69, 9.17) is 20.7 Å². The zero-order chi connectivity index (χ0) is 47.9. The number of carbonyl (C=O) groups excluding carboxylic acids is 5. The minimum Gasteiger partial charge on any atom is -0.480 e. The number of aliphatic hydroxyl groups excluding tert-OH is 1. The van der Waals surface area contributed by atoms with Crippen molar-refractivity contribution in [2.24, 2.45) is 11.1 Å². The predicted octanol–water partition coefficient (Wildman–Crippen LogP) is 2.16. The van der Waals surface area contributed by atoms with Crippen molar-refractivity contribution in [1.29, 1.82) is 0 Å². The second-order valence-corrected chi connectivity index (χ2v) is 16.7. The SMILES string of the molecule is CC(C)(C)C(c1cc(-c2cc(F)ccc2F)cn1Cc1ccccc1)N(CCC(N)C(=O)NCCNC(=O)CNC(=O)CC1SCC(C(=O)O)NC1=O)C(=O)CO.O=C(O)C(F)(F)F. The number of carbonyl (C=O) groups is 7. The van der Waals surface area contributed by atoms with Crippen molar-refractivity contribution in [3.05, 3.63) is 83.7 Å². The molecule has 2 heterocycles. The van der Waals surface area contributed by atoms with Crippen molar-refractivity contribution in [2.75, 3.05) is 38.5 Å². The Kier molecular flexibility index (Phi) is 19.2. The Bertz CT molecular complexity index is 2140. The molecule has 1 aliphatic heterocycles. The molecular weight excluding hydrogens is 878 g/mol. The maximum Gasteiger partial charge on any atom is 0.490 e. The van der Waals surface area contributed by atoms with Crippen LogP contribution in [-0.2, 0) is 40.1 Å². The van der Waals surface area contributed by atoms with Crippen molar-refractivity contribution in [2.45, 2.75) is 69.7 Å². The zero-order valence-electron chi connectivity index (χ0n) is 34.9. The standard InChI is InChI=1S/C39H49F2N7O8S.C2HF3O2/c1-39(2,3)35(30-15-24(26-16-25(40)9-10-27(26)41)20-47(30)19-23-7-5-4-6-8-23)48(34(52)21-49)14-11-28(42)36(53)44-13-12-43-33(51)18-45-32(50)17-31-37(54)46-29(22-57-31)38(55)56;3-2(4,5)1(6)7/h4-10,15-16,20,28-29,31,35,49H,11-14,17-19,21-22,42H2,1-3H3,(H,43,51)(H,44,53)(H,45,50)(H,46,54)(H,55,56);(H,6,7). The van der Waals surface area contributed by atoms with E-state index in [1.54, 1.807) is 12.3 Å². The van der Waals surface area contributed by atoms with Crippen LogP contribution in [0.2, 0.25) is 0 Å². The molecule has 23 heteroatoms. The van der Waals surface area contributed by atoms with E-state index in [0.29, 0.717) is 17.8 Å². The molecule has 350 valence electrons. The minimum absolute atomic E-state index is 0.00150. The number of aliphatic hydroxyl groups is 1. The summed E-state index contributed by atoms with van der Waals surface area (Å²) in [6, 6.07) is 11.5.